The Hall–Kier alpha value is -2.81. The van der Waals surface area contributed by atoms with E-state index in [1.54, 1.807) is 18.2 Å². The third-order valence-corrected chi connectivity index (χ3v) is 5.78. The summed E-state index contributed by atoms with van der Waals surface area (Å²) in [5.74, 6) is 0.905. The van der Waals surface area contributed by atoms with Crippen molar-refractivity contribution in [3.63, 3.8) is 0 Å². The quantitative estimate of drug-likeness (QED) is 0.461. The van der Waals surface area contributed by atoms with Gasteiger partial charge in [-0.05, 0) is 46.6 Å². The molecule has 0 aromatic carbocycles. The molecule has 188 valence electrons. The third kappa shape index (κ3) is 7.35. The first-order chi connectivity index (χ1) is 16.2. The minimum absolute atomic E-state index is 0.153. The Kier molecular flexibility index (Phi) is 8.77. The van der Waals surface area contributed by atoms with E-state index in [0.29, 0.717) is 51.6 Å². The van der Waals surface area contributed by atoms with Gasteiger partial charge in [0.05, 0.1) is 38.8 Å². The van der Waals surface area contributed by atoms with Gasteiger partial charge in [-0.25, -0.2) is 9.78 Å². The van der Waals surface area contributed by atoms with Gasteiger partial charge in [-0.15, -0.1) is 0 Å². The number of amides is 1. The predicted molar refractivity (Wildman–Crippen MR) is 130 cm³/mol. The number of nitrogens with one attached hydrogen (secondary N) is 2. The van der Waals surface area contributed by atoms with Crippen LogP contribution in [-0.4, -0.2) is 67.5 Å². The van der Waals surface area contributed by atoms with E-state index in [-0.39, 0.29) is 17.9 Å². The average Bonchev–Trinajstić information content (AvgIpc) is 3.02. The van der Waals surface area contributed by atoms with E-state index >= 15 is 0 Å². The number of rotatable bonds is 6. The Balaban J connectivity index is 1.63. The Morgan fingerprint density at radius 1 is 1.32 bits per heavy atom. The molecule has 34 heavy (non-hydrogen) atoms. The summed E-state index contributed by atoms with van der Waals surface area (Å²) >= 11 is 0. The molecule has 3 heterocycles. The van der Waals surface area contributed by atoms with Crippen LogP contribution in [0.2, 0.25) is 0 Å². The van der Waals surface area contributed by atoms with Crippen LogP contribution in [-0.2, 0) is 14.2 Å². The summed E-state index contributed by atoms with van der Waals surface area (Å²) in [5.41, 5.74) is 2.97. The fourth-order valence-corrected chi connectivity index (χ4v) is 4.14. The third-order valence-electron chi connectivity index (χ3n) is 5.78. The molecule has 2 N–H and O–H groups in total. The van der Waals surface area contributed by atoms with Crippen LogP contribution in [0, 0.1) is 18.3 Å². The molecule has 9 nitrogen and oxygen atoms in total. The summed E-state index contributed by atoms with van der Waals surface area (Å²) < 4.78 is 22.4. The second kappa shape index (κ2) is 11.6. The van der Waals surface area contributed by atoms with Gasteiger partial charge in [0.2, 0.25) is 11.8 Å². The topological polar surface area (TPSA) is 106 Å². The summed E-state index contributed by atoms with van der Waals surface area (Å²) in [6, 6.07) is 1.97. The number of hydrogen-bond acceptors (Lipinski definition) is 8. The molecule has 2 aliphatic heterocycles. The normalized spacial score (nSPS) is 19.3. The number of methoxy groups -OCH3 is 1. The van der Waals surface area contributed by atoms with Crippen molar-refractivity contribution in [2.45, 2.75) is 59.0 Å². The van der Waals surface area contributed by atoms with E-state index in [2.05, 4.69) is 10.3 Å². The number of hydrogen-bond donors (Lipinski definition) is 2. The van der Waals surface area contributed by atoms with Crippen LogP contribution in [0.1, 0.15) is 52.0 Å². The number of anilines is 1. The largest absolute Gasteiger partial charge is 0.481 e. The number of aromatic nitrogens is 1. The second-order valence-electron chi connectivity index (χ2n) is 9.82. The van der Waals surface area contributed by atoms with E-state index in [4.69, 9.17) is 24.4 Å². The first-order valence-electron chi connectivity index (χ1n) is 11.9. The molecule has 1 fully saturated rings. The second-order valence-corrected chi connectivity index (χ2v) is 9.82. The van der Waals surface area contributed by atoms with Crippen molar-refractivity contribution in [2.24, 2.45) is 5.92 Å². The van der Waals surface area contributed by atoms with Crippen LogP contribution < -0.4 is 10.1 Å². The molecular weight excluding hydrogens is 436 g/mol. The number of carbonyl (C=O) groups is 1. The Morgan fingerprint density at radius 3 is 2.79 bits per heavy atom. The highest BCUT2D eigenvalue weighted by molar-refractivity contribution is 5.92. The molecule has 1 aromatic rings. The van der Waals surface area contributed by atoms with E-state index in [0.717, 1.165) is 35.4 Å². The highest BCUT2D eigenvalue weighted by Crippen LogP contribution is 2.25. The zero-order valence-corrected chi connectivity index (χ0v) is 21.0. The molecule has 1 atom stereocenters. The average molecular weight is 475 g/mol. The first-order valence-corrected chi connectivity index (χ1v) is 11.9. The van der Waals surface area contributed by atoms with Crippen LogP contribution in [0.15, 0.2) is 23.5 Å². The Labute approximate surface area is 202 Å². The van der Waals surface area contributed by atoms with Crippen molar-refractivity contribution in [1.29, 1.82) is 5.41 Å². The summed E-state index contributed by atoms with van der Waals surface area (Å²) in [4.78, 5) is 18.5. The lowest BCUT2D eigenvalue weighted by molar-refractivity contribution is 0.0135. The number of nitrogens with zero attached hydrogens (tertiary/aromatic N) is 2. The van der Waals surface area contributed by atoms with Crippen LogP contribution >= 0.6 is 0 Å². The highest BCUT2D eigenvalue weighted by Gasteiger charge is 2.28. The maximum absolute atomic E-state index is 12.4. The van der Waals surface area contributed by atoms with E-state index in [9.17, 15) is 4.79 Å². The number of ether oxygens (including phenoxy) is 4. The van der Waals surface area contributed by atoms with Gasteiger partial charge < -0.3 is 29.2 Å². The molecule has 1 amide bonds. The number of piperidine rings is 1. The predicted octanol–water partition coefficient (Wildman–Crippen LogP) is 4.52. The molecule has 9 heteroatoms. The molecule has 0 bridgehead atoms. The number of pyridine rings is 1. The fourth-order valence-electron chi connectivity index (χ4n) is 4.14. The van der Waals surface area contributed by atoms with Gasteiger partial charge in [0.25, 0.3) is 0 Å². The van der Waals surface area contributed by atoms with Crippen molar-refractivity contribution >= 4 is 17.7 Å². The maximum atomic E-state index is 12.4. The van der Waals surface area contributed by atoms with Crippen molar-refractivity contribution < 1.29 is 23.7 Å². The van der Waals surface area contributed by atoms with E-state index < -0.39 is 5.60 Å². The van der Waals surface area contributed by atoms with Crippen molar-refractivity contribution in [1.82, 2.24) is 9.88 Å². The van der Waals surface area contributed by atoms with Gasteiger partial charge in [0, 0.05) is 48.7 Å². The zero-order valence-electron chi connectivity index (χ0n) is 21.0. The summed E-state index contributed by atoms with van der Waals surface area (Å²) in [7, 11) is 1.60. The molecule has 1 saturated heterocycles. The lowest BCUT2D eigenvalue weighted by atomic mass is 9.99. The van der Waals surface area contributed by atoms with E-state index in [1.807, 2.05) is 33.8 Å². The van der Waals surface area contributed by atoms with Gasteiger partial charge in [-0.1, -0.05) is 0 Å². The minimum Gasteiger partial charge on any atom is -0.481 e. The van der Waals surface area contributed by atoms with Gasteiger partial charge in [-0.3, -0.25) is 5.41 Å². The van der Waals surface area contributed by atoms with Gasteiger partial charge >= 0.3 is 6.09 Å². The van der Waals surface area contributed by atoms with Gasteiger partial charge in [0.15, 0.2) is 0 Å². The summed E-state index contributed by atoms with van der Waals surface area (Å²) in [6.07, 6.45) is 4.54. The molecule has 2 aliphatic rings. The first kappa shape index (κ1) is 25.8. The molecule has 3 rings (SSSR count). The van der Waals surface area contributed by atoms with Crippen molar-refractivity contribution in [3.05, 3.63) is 29.1 Å². The van der Waals surface area contributed by atoms with E-state index in [1.165, 1.54) is 0 Å². The van der Waals surface area contributed by atoms with Crippen LogP contribution in [0.5, 0.6) is 5.88 Å². The summed E-state index contributed by atoms with van der Waals surface area (Å²) in [6.45, 7) is 10.3. The van der Waals surface area contributed by atoms with Crippen LogP contribution in [0.25, 0.3) is 0 Å². The zero-order chi connectivity index (χ0) is 24.7. The van der Waals surface area contributed by atoms with Crippen LogP contribution in [0.3, 0.4) is 0 Å². The number of aryl methyl sites for hydroxylation is 1. The van der Waals surface area contributed by atoms with Crippen molar-refractivity contribution in [3.8, 4) is 5.88 Å². The van der Waals surface area contributed by atoms with Crippen LogP contribution in [0.4, 0.5) is 10.5 Å². The molecule has 1 aromatic heterocycles. The summed E-state index contributed by atoms with van der Waals surface area (Å²) in [5, 5.41) is 12.1. The minimum atomic E-state index is -0.516. The number of carbonyl (C=O) groups excluding carboxylic acids is 1. The van der Waals surface area contributed by atoms with Gasteiger partial charge in [0.1, 0.15) is 5.60 Å². The Morgan fingerprint density at radius 2 is 2.09 bits per heavy atom. The standard InChI is InChI=1S/C25H38N4O5/c1-17-13-19(14-27-23(17)31-5)28-21-9-12-32-11-8-20(21)22(26)33-16-18-7-6-10-29(15-18)24(30)34-25(2,3)4/h13-14,18,26,28H,6-12,15-16H2,1-5H3/t18-/m0/s1. The molecule has 0 radical (unpaired) electrons. The number of likely N-dealkylation sites (tertiary alicyclic amines) is 1. The molecule has 0 unspecified atom stereocenters. The van der Waals surface area contributed by atoms with Crippen molar-refractivity contribution in [2.75, 3.05) is 45.3 Å². The lowest BCUT2D eigenvalue weighted by Gasteiger charge is -2.34. The Bertz CT molecular complexity index is 909. The molecular formula is C25H38N4O5. The fraction of sp³-hybridized carbons (Fsp3) is 0.640. The molecule has 0 saturated carbocycles. The monoisotopic (exact) mass is 474 g/mol. The molecule has 0 aliphatic carbocycles. The maximum Gasteiger partial charge on any atom is 0.410 e. The van der Waals surface area contributed by atoms with Gasteiger partial charge in [-0.2, -0.15) is 0 Å². The molecule has 0 spiro atoms. The smallest absolute Gasteiger partial charge is 0.410 e. The lowest BCUT2D eigenvalue weighted by Crippen LogP contribution is -2.44. The highest BCUT2D eigenvalue weighted by atomic mass is 16.6. The SMILES string of the molecule is COc1ncc(NC2=C(C(=N)OC[C@H]3CCCN(C(=O)OC(C)(C)C)C3)CCOCC2)cc1C.